The van der Waals surface area contributed by atoms with Gasteiger partial charge in [-0.15, -0.1) is 0 Å². The van der Waals surface area contributed by atoms with Crippen LogP contribution in [0.5, 0.6) is 17.2 Å². The molecule has 7 nitrogen and oxygen atoms in total. The summed E-state index contributed by atoms with van der Waals surface area (Å²) in [6, 6.07) is 9.13. The molecule has 0 saturated heterocycles. The fraction of sp³-hybridized carbons (Fsp3) is 0.0769. The maximum absolute atomic E-state index is 11.0. The summed E-state index contributed by atoms with van der Waals surface area (Å²) < 4.78 is 10.3. The largest absolute Gasteiger partial charge is 0.496 e. The molecule has 0 radical (unpaired) electrons. The molecule has 1 aromatic carbocycles. The Morgan fingerprint density at radius 2 is 2.15 bits per heavy atom. The summed E-state index contributed by atoms with van der Waals surface area (Å²) in [5.41, 5.74) is -0.199. The number of nitro benzene ring substituents is 1. The van der Waals surface area contributed by atoms with Crippen molar-refractivity contribution in [1.29, 1.82) is 5.26 Å². The second kappa shape index (κ2) is 5.67. The van der Waals surface area contributed by atoms with Crippen LogP contribution >= 0.6 is 0 Å². The Labute approximate surface area is 114 Å². The molecule has 1 aromatic heterocycles. The lowest BCUT2D eigenvalue weighted by Crippen LogP contribution is -1.96. The number of nitriles is 1. The van der Waals surface area contributed by atoms with Crippen LogP contribution in [0.2, 0.25) is 0 Å². The van der Waals surface area contributed by atoms with Gasteiger partial charge in [-0.1, -0.05) is 0 Å². The molecule has 1 heterocycles. The van der Waals surface area contributed by atoms with Crippen molar-refractivity contribution in [3.8, 4) is 23.3 Å². The third-order valence-electron chi connectivity index (χ3n) is 2.46. The Morgan fingerprint density at radius 1 is 1.35 bits per heavy atom. The fourth-order valence-electron chi connectivity index (χ4n) is 1.53. The van der Waals surface area contributed by atoms with Crippen molar-refractivity contribution in [2.24, 2.45) is 0 Å². The standard InChI is InChI=1S/C13H9N3O4/c1-19-9-4-5-13(11(7-9)16(17)18)20-12-3-2-6-15-10(12)8-14/h2-7H,1H3. The van der Waals surface area contributed by atoms with Gasteiger partial charge in [-0.05, 0) is 24.3 Å². The van der Waals surface area contributed by atoms with Gasteiger partial charge in [0.2, 0.25) is 5.75 Å². The van der Waals surface area contributed by atoms with E-state index in [-0.39, 0.29) is 22.9 Å². The molecule has 0 aliphatic heterocycles. The molecule has 0 N–H and O–H groups in total. The van der Waals surface area contributed by atoms with Gasteiger partial charge in [-0.2, -0.15) is 5.26 Å². The van der Waals surface area contributed by atoms with E-state index in [1.165, 1.54) is 37.6 Å². The Hall–Kier alpha value is -3.14. The van der Waals surface area contributed by atoms with Crippen molar-refractivity contribution in [3.05, 3.63) is 52.3 Å². The van der Waals surface area contributed by atoms with Gasteiger partial charge in [0.05, 0.1) is 18.1 Å². The van der Waals surface area contributed by atoms with E-state index in [4.69, 9.17) is 14.7 Å². The van der Waals surface area contributed by atoms with Gasteiger partial charge in [0.1, 0.15) is 11.8 Å². The number of aromatic nitrogens is 1. The van der Waals surface area contributed by atoms with Crippen LogP contribution in [0.25, 0.3) is 0 Å². The molecule has 0 amide bonds. The Kier molecular flexibility index (Phi) is 3.77. The molecule has 0 bridgehead atoms. The average molecular weight is 271 g/mol. The summed E-state index contributed by atoms with van der Waals surface area (Å²) in [6.45, 7) is 0. The van der Waals surface area contributed by atoms with E-state index < -0.39 is 4.92 Å². The molecule has 2 aromatic rings. The topological polar surface area (TPSA) is 98.3 Å². The first kappa shape index (κ1) is 13.3. The minimum Gasteiger partial charge on any atom is -0.496 e. The Morgan fingerprint density at radius 3 is 2.80 bits per heavy atom. The number of hydrogen-bond acceptors (Lipinski definition) is 6. The van der Waals surface area contributed by atoms with E-state index in [0.29, 0.717) is 5.75 Å². The van der Waals surface area contributed by atoms with Crippen LogP contribution < -0.4 is 9.47 Å². The minimum atomic E-state index is -0.583. The summed E-state index contributed by atoms with van der Waals surface area (Å²) >= 11 is 0. The molecule has 0 aliphatic rings. The predicted octanol–water partition coefficient (Wildman–Crippen LogP) is 2.66. The second-order valence-electron chi connectivity index (χ2n) is 3.65. The van der Waals surface area contributed by atoms with Crippen molar-refractivity contribution < 1.29 is 14.4 Å². The van der Waals surface area contributed by atoms with Crippen LogP contribution in [-0.4, -0.2) is 17.0 Å². The maximum Gasteiger partial charge on any atom is 0.315 e. The molecular weight excluding hydrogens is 262 g/mol. The first-order valence-electron chi connectivity index (χ1n) is 5.51. The van der Waals surface area contributed by atoms with Crippen molar-refractivity contribution in [3.63, 3.8) is 0 Å². The van der Waals surface area contributed by atoms with E-state index >= 15 is 0 Å². The number of nitrogens with zero attached hydrogens (tertiary/aromatic N) is 3. The van der Waals surface area contributed by atoms with Gasteiger partial charge in [0.25, 0.3) is 0 Å². The second-order valence-corrected chi connectivity index (χ2v) is 3.65. The molecule has 0 spiro atoms. The number of hydrogen-bond donors (Lipinski definition) is 0. The maximum atomic E-state index is 11.0. The van der Waals surface area contributed by atoms with Crippen LogP contribution in [0.4, 0.5) is 5.69 Å². The van der Waals surface area contributed by atoms with Gasteiger partial charge < -0.3 is 9.47 Å². The number of nitro groups is 1. The van der Waals surface area contributed by atoms with E-state index in [9.17, 15) is 10.1 Å². The summed E-state index contributed by atoms with van der Waals surface area (Å²) in [7, 11) is 1.41. The molecule has 0 unspecified atom stereocenters. The van der Waals surface area contributed by atoms with Gasteiger partial charge in [0, 0.05) is 6.20 Å². The summed E-state index contributed by atoms with van der Waals surface area (Å²) in [4.78, 5) is 14.3. The van der Waals surface area contributed by atoms with Gasteiger partial charge in [-0.25, -0.2) is 4.98 Å². The zero-order valence-electron chi connectivity index (χ0n) is 10.4. The van der Waals surface area contributed by atoms with Crippen molar-refractivity contribution in [2.75, 3.05) is 7.11 Å². The van der Waals surface area contributed by atoms with Crippen molar-refractivity contribution in [2.45, 2.75) is 0 Å². The highest BCUT2D eigenvalue weighted by Crippen LogP contribution is 2.34. The zero-order chi connectivity index (χ0) is 14.5. The molecule has 0 saturated carbocycles. The van der Waals surface area contributed by atoms with E-state index in [0.717, 1.165) is 0 Å². The number of rotatable bonds is 4. The Balaban J connectivity index is 2.43. The monoisotopic (exact) mass is 271 g/mol. The fourth-order valence-corrected chi connectivity index (χ4v) is 1.53. The number of benzene rings is 1. The zero-order valence-corrected chi connectivity index (χ0v) is 10.4. The predicted molar refractivity (Wildman–Crippen MR) is 68.7 cm³/mol. The van der Waals surface area contributed by atoms with E-state index in [1.54, 1.807) is 6.07 Å². The van der Waals surface area contributed by atoms with Crippen LogP contribution in [0, 0.1) is 21.4 Å². The SMILES string of the molecule is COc1ccc(Oc2cccnc2C#N)c([N+](=O)[O-])c1. The highest BCUT2D eigenvalue weighted by atomic mass is 16.6. The molecular formula is C13H9N3O4. The normalized spacial score (nSPS) is 9.60. The van der Waals surface area contributed by atoms with Crippen LogP contribution in [0.3, 0.4) is 0 Å². The van der Waals surface area contributed by atoms with Gasteiger partial charge in [-0.3, -0.25) is 10.1 Å². The lowest BCUT2D eigenvalue weighted by Gasteiger charge is -2.08. The molecule has 7 heteroatoms. The lowest BCUT2D eigenvalue weighted by atomic mass is 10.2. The molecule has 0 atom stereocenters. The third-order valence-corrected chi connectivity index (χ3v) is 2.46. The number of ether oxygens (including phenoxy) is 2. The average Bonchev–Trinajstić information content (AvgIpc) is 2.48. The van der Waals surface area contributed by atoms with Crippen molar-refractivity contribution >= 4 is 5.69 Å². The summed E-state index contributed by atoms with van der Waals surface area (Å²) in [5, 5.41) is 19.9. The minimum absolute atomic E-state index is 0.0142. The smallest absolute Gasteiger partial charge is 0.315 e. The first-order chi connectivity index (χ1) is 9.65. The molecule has 2 rings (SSSR count). The highest BCUT2D eigenvalue weighted by molar-refractivity contribution is 5.53. The van der Waals surface area contributed by atoms with E-state index in [1.807, 2.05) is 6.07 Å². The molecule has 0 aliphatic carbocycles. The van der Waals surface area contributed by atoms with Crippen molar-refractivity contribution in [1.82, 2.24) is 4.98 Å². The highest BCUT2D eigenvalue weighted by Gasteiger charge is 2.18. The lowest BCUT2D eigenvalue weighted by molar-refractivity contribution is -0.385. The van der Waals surface area contributed by atoms with E-state index in [2.05, 4.69) is 4.98 Å². The van der Waals surface area contributed by atoms with Gasteiger partial charge >= 0.3 is 5.69 Å². The molecule has 0 fully saturated rings. The van der Waals surface area contributed by atoms with Crippen LogP contribution in [0.15, 0.2) is 36.5 Å². The third kappa shape index (κ3) is 2.64. The number of methoxy groups -OCH3 is 1. The van der Waals surface area contributed by atoms with Crippen LogP contribution in [-0.2, 0) is 0 Å². The number of pyridine rings is 1. The summed E-state index contributed by atoms with van der Waals surface area (Å²) in [6.07, 6.45) is 1.44. The molecule has 100 valence electrons. The first-order valence-corrected chi connectivity index (χ1v) is 5.51. The van der Waals surface area contributed by atoms with Gasteiger partial charge in [0.15, 0.2) is 11.4 Å². The quantitative estimate of drug-likeness (QED) is 0.626. The summed E-state index contributed by atoms with van der Waals surface area (Å²) in [5.74, 6) is 0.513. The van der Waals surface area contributed by atoms with Crippen LogP contribution in [0.1, 0.15) is 5.69 Å². The molecule has 20 heavy (non-hydrogen) atoms. The Bertz CT molecular complexity index is 694.